The number of ketones is 1. The number of carbonyl (C=O) groups is 5. The molecule has 4 aromatic rings. The summed E-state index contributed by atoms with van der Waals surface area (Å²) < 4.78 is 9.58. The monoisotopic (exact) mass is 752 g/mol. The molecule has 0 saturated carbocycles. The molecule has 13 heteroatoms. The number of carbonyl (C=O) groups excluding carboxylic acids is 5. The van der Waals surface area contributed by atoms with E-state index in [1.807, 2.05) is 70.2 Å². The third-order valence-corrected chi connectivity index (χ3v) is 11.1. The molecular weight excluding hydrogens is 700 g/mol. The number of hydrogen-bond donors (Lipinski definition) is 3. The van der Waals surface area contributed by atoms with E-state index in [1.165, 1.54) is 14.2 Å². The Hall–Kier alpha value is -5.46. The van der Waals surface area contributed by atoms with Crippen molar-refractivity contribution in [3.8, 4) is 22.5 Å². The lowest BCUT2D eigenvalue weighted by Gasteiger charge is -2.30. The number of benzene rings is 2. The zero-order chi connectivity index (χ0) is 39.4. The summed E-state index contributed by atoms with van der Waals surface area (Å²) in [4.78, 5) is 79.7. The lowest BCUT2D eigenvalue weighted by molar-refractivity contribution is -0.149. The summed E-state index contributed by atoms with van der Waals surface area (Å²) in [7, 11) is 2.60. The lowest BCUT2D eigenvalue weighted by Crippen LogP contribution is -2.51. The maximum Gasteiger partial charge on any atom is 0.407 e. The van der Waals surface area contributed by atoms with E-state index in [0.29, 0.717) is 25.3 Å². The number of nitrogens with one attached hydrogen (secondary N) is 3. The van der Waals surface area contributed by atoms with E-state index < -0.39 is 30.1 Å². The highest BCUT2D eigenvalue weighted by Gasteiger charge is 2.39. The summed E-state index contributed by atoms with van der Waals surface area (Å²) in [5.41, 5.74) is 5.55. The van der Waals surface area contributed by atoms with Crippen molar-refractivity contribution in [2.24, 2.45) is 17.8 Å². The molecule has 2 saturated heterocycles. The van der Waals surface area contributed by atoms with Crippen LogP contribution in [0.2, 0.25) is 0 Å². The number of aromatic nitrogens is 3. The van der Waals surface area contributed by atoms with Crippen LogP contribution in [0.4, 0.5) is 4.79 Å². The van der Waals surface area contributed by atoms with Gasteiger partial charge in [-0.05, 0) is 72.4 Å². The third kappa shape index (κ3) is 8.60. The van der Waals surface area contributed by atoms with Crippen LogP contribution in [-0.2, 0) is 35.1 Å². The van der Waals surface area contributed by atoms with Gasteiger partial charge in [0.15, 0.2) is 5.78 Å². The average Bonchev–Trinajstić information content (AvgIpc) is 4.01. The van der Waals surface area contributed by atoms with E-state index in [2.05, 4.69) is 26.3 Å². The first-order valence-corrected chi connectivity index (χ1v) is 19.2. The van der Waals surface area contributed by atoms with Crippen LogP contribution in [0.5, 0.6) is 0 Å². The van der Waals surface area contributed by atoms with E-state index in [0.717, 1.165) is 58.2 Å². The van der Waals surface area contributed by atoms with Gasteiger partial charge in [0, 0.05) is 36.1 Å². The second kappa shape index (κ2) is 16.9. The zero-order valence-electron chi connectivity index (χ0n) is 32.5. The minimum atomic E-state index is -0.696. The molecule has 0 bridgehead atoms. The van der Waals surface area contributed by atoms with Crippen molar-refractivity contribution in [3.63, 3.8) is 0 Å². The molecule has 2 aliphatic heterocycles. The van der Waals surface area contributed by atoms with Crippen LogP contribution < -0.4 is 5.32 Å². The molecule has 4 heterocycles. The second-order valence-corrected chi connectivity index (χ2v) is 15.4. The van der Waals surface area contributed by atoms with Gasteiger partial charge in [0.25, 0.3) is 0 Å². The second-order valence-electron chi connectivity index (χ2n) is 15.4. The number of likely N-dealkylation sites (tertiary alicyclic amines) is 2. The number of alkyl carbamates (subject to hydrolysis) is 1. The number of amides is 3. The molecular formula is C42H52N6O7. The highest BCUT2D eigenvalue weighted by molar-refractivity contribution is 5.94. The largest absolute Gasteiger partial charge is 0.469 e. The van der Waals surface area contributed by atoms with Crippen LogP contribution in [0.1, 0.15) is 77.2 Å². The Bertz CT molecular complexity index is 2030. The van der Waals surface area contributed by atoms with Crippen molar-refractivity contribution >= 4 is 40.6 Å². The predicted octanol–water partition coefficient (Wildman–Crippen LogP) is 6.21. The van der Waals surface area contributed by atoms with Gasteiger partial charge < -0.3 is 34.6 Å². The summed E-state index contributed by atoms with van der Waals surface area (Å²) in [6.07, 6.45) is 4.35. The molecule has 0 unspecified atom stereocenters. The molecule has 2 aliphatic rings. The van der Waals surface area contributed by atoms with Gasteiger partial charge in [0.2, 0.25) is 11.8 Å². The summed E-state index contributed by atoms with van der Waals surface area (Å²) in [6, 6.07) is 14.7. The molecule has 2 aromatic carbocycles. The van der Waals surface area contributed by atoms with E-state index >= 15 is 0 Å². The number of H-pyrrole nitrogens is 2. The minimum absolute atomic E-state index is 0.00153. The smallest absolute Gasteiger partial charge is 0.407 e. The Morgan fingerprint density at radius 2 is 1.51 bits per heavy atom. The molecule has 55 heavy (non-hydrogen) atoms. The summed E-state index contributed by atoms with van der Waals surface area (Å²) in [6.45, 7) is 8.71. The molecule has 2 fully saturated rings. The fourth-order valence-electron chi connectivity index (χ4n) is 7.89. The molecule has 0 radical (unpaired) electrons. The standard InChI is InChI=1S/C42H52N6O7/c1-24(2)30(22-37(50)54-5)40(51)47-17-7-9-34(47)36(49)20-26-11-16-31-29(19-26)21-32(44-31)27-12-14-28(15-13-27)33-23-43-39(45-33)35-10-8-18-48(35)41(52)38(25(3)4)46-42(53)55-6/h11-16,19,21,23-25,30,34-35,38,44H,7-10,17-18,20,22H2,1-6H3,(H,43,45)(H,46,53)/t30-,34-,35-,38-/m0/s1. The summed E-state index contributed by atoms with van der Waals surface area (Å²) >= 11 is 0. The highest BCUT2D eigenvalue weighted by Crippen LogP contribution is 2.34. The third-order valence-electron chi connectivity index (χ3n) is 11.1. The number of Topliss-reactive ketones (excluding diaryl/α,β-unsaturated/α-hetero) is 1. The first kappa shape index (κ1) is 39.2. The van der Waals surface area contributed by atoms with Crippen molar-refractivity contribution < 1.29 is 33.4 Å². The quantitative estimate of drug-likeness (QED) is 0.136. The van der Waals surface area contributed by atoms with Crippen LogP contribution in [0.15, 0.2) is 54.7 Å². The fraction of sp³-hybridized carbons (Fsp3) is 0.476. The van der Waals surface area contributed by atoms with E-state index in [9.17, 15) is 24.0 Å². The number of nitrogens with zero attached hydrogens (tertiary/aromatic N) is 3. The van der Waals surface area contributed by atoms with Crippen molar-refractivity contribution in [3.05, 3.63) is 66.1 Å². The van der Waals surface area contributed by atoms with Gasteiger partial charge in [-0.25, -0.2) is 9.78 Å². The number of hydrogen-bond acceptors (Lipinski definition) is 8. The Morgan fingerprint density at radius 3 is 2.18 bits per heavy atom. The zero-order valence-corrected chi connectivity index (χ0v) is 32.5. The maximum atomic E-state index is 13.6. The Morgan fingerprint density at radius 1 is 0.818 bits per heavy atom. The fourth-order valence-corrected chi connectivity index (χ4v) is 7.89. The Kier molecular flexibility index (Phi) is 12.1. The number of fused-ring (bicyclic) bond motifs is 1. The first-order valence-electron chi connectivity index (χ1n) is 19.2. The molecule has 3 amide bonds. The lowest BCUT2D eigenvalue weighted by atomic mass is 9.90. The Labute approximate surface area is 321 Å². The van der Waals surface area contributed by atoms with Crippen molar-refractivity contribution in [2.75, 3.05) is 27.3 Å². The SMILES string of the molecule is COC(=O)C[C@H](C(=O)N1CCC[C@H]1C(=O)Cc1ccc2[nH]c(-c3ccc(-c4cnc([C@@H]5CCCN5C(=O)[C@@H](NC(=O)OC)C(C)C)[nH]4)cc3)cc2c1)C(C)C. The molecule has 6 rings (SSSR count). The van der Waals surface area contributed by atoms with Crippen molar-refractivity contribution in [1.82, 2.24) is 30.1 Å². The Balaban J connectivity index is 1.11. The molecule has 292 valence electrons. The van der Waals surface area contributed by atoms with Gasteiger partial charge in [0.1, 0.15) is 11.9 Å². The van der Waals surface area contributed by atoms with Gasteiger partial charge in [-0.15, -0.1) is 0 Å². The van der Waals surface area contributed by atoms with Crippen LogP contribution in [0.3, 0.4) is 0 Å². The van der Waals surface area contributed by atoms with Crippen LogP contribution >= 0.6 is 0 Å². The van der Waals surface area contributed by atoms with Crippen molar-refractivity contribution in [2.45, 2.75) is 84.3 Å². The molecule has 2 aromatic heterocycles. The number of aromatic amines is 2. The van der Waals surface area contributed by atoms with Gasteiger partial charge in [-0.1, -0.05) is 58.0 Å². The van der Waals surface area contributed by atoms with Gasteiger partial charge >= 0.3 is 12.1 Å². The van der Waals surface area contributed by atoms with Crippen LogP contribution in [-0.4, -0.2) is 93.8 Å². The number of methoxy groups -OCH3 is 2. The predicted molar refractivity (Wildman–Crippen MR) is 208 cm³/mol. The van der Waals surface area contributed by atoms with Crippen LogP contribution in [0.25, 0.3) is 33.4 Å². The number of esters is 1. The molecule has 0 aliphatic carbocycles. The first-order chi connectivity index (χ1) is 26.4. The maximum absolute atomic E-state index is 13.6. The molecule has 0 spiro atoms. The highest BCUT2D eigenvalue weighted by atomic mass is 16.5. The van der Waals surface area contributed by atoms with Gasteiger partial charge in [-0.3, -0.25) is 19.2 Å². The van der Waals surface area contributed by atoms with Gasteiger partial charge in [-0.2, -0.15) is 0 Å². The van der Waals surface area contributed by atoms with E-state index in [-0.39, 0.29) is 48.3 Å². The number of ether oxygens (including phenoxy) is 2. The molecule has 4 atom stereocenters. The molecule has 3 N–H and O–H groups in total. The van der Waals surface area contributed by atoms with E-state index in [1.54, 1.807) is 16.0 Å². The average molecular weight is 753 g/mol. The number of imidazole rings is 1. The van der Waals surface area contributed by atoms with E-state index in [4.69, 9.17) is 9.47 Å². The summed E-state index contributed by atoms with van der Waals surface area (Å²) in [5, 5.41) is 3.67. The van der Waals surface area contributed by atoms with Gasteiger partial charge in [0.05, 0.1) is 50.5 Å². The number of rotatable bonds is 13. The minimum Gasteiger partial charge on any atom is -0.469 e. The summed E-state index contributed by atoms with van der Waals surface area (Å²) in [5.74, 6) is -0.712. The van der Waals surface area contributed by atoms with Crippen molar-refractivity contribution in [1.29, 1.82) is 0 Å². The van der Waals surface area contributed by atoms with Crippen LogP contribution in [0, 0.1) is 17.8 Å². The normalized spacial score (nSPS) is 18.2. The topological polar surface area (TPSA) is 167 Å². The molecule has 13 nitrogen and oxygen atoms in total.